The normalized spacial score (nSPS) is 10.0. The number of benzene rings is 1. The molecule has 92 valence electrons. The van der Waals surface area contributed by atoms with E-state index in [1.807, 2.05) is 0 Å². The molecule has 0 fully saturated rings. The van der Waals surface area contributed by atoms with Crippen molar-refractivity contribution in [2.24, 2.45) is 0 Å². The number of carboxylic acid groups (broad SMARTS) is 1. The van der Waals surface area contributed by atoms with E-state index in [0.29, 0.717) is 18.5 Å². The number of carboxylic acids is 1. The highest BCUT2D eigenvalue weighted by atomic mass is 79.9. The lowest BCUT2D eigenvalue weighted by atomic mass is 10.2. The van der Waals surface area contributed by atoms with Gasteiger partial charge in [-0.2, -0.15) is 0 Å². The van der Waals surface area contributed by atoms with Gasteiger partial charge in [0.25, 0.3) is 5.91 Å². The van der Waals surface area contributed by atoms with Crippen LogP contribution < -0.4 is 0 Å². The van der Waals surface area contributed by atoms with Crippen molar-refractivity contribution in [2.45, 2.75) is 12.8 Å². The molecule has 4 nitrogen and oxygen atoms in total. The van der Waals surface area contributed by atoms with Crippen LogP contribution in [0.1, 0.15) is 23.2 Å². The molecule has 0 atom stereocenters. The van der Waals surface area contributed by atoms with Crippen LogP contribution in [0.15, 0.2) is 28.7 Å². The summed E-state index contributed by atoms with van der Waals surface area (Å²) < 4.78 is 0.919. The summed E-state index contributed by atoms with van der Waals surface area (Å²) >= 11 is 3.30. The first-order valence-corrected chi connectivity index (χ1v) is 6.03. The van der Waals surface area contributed by atoms with Crippen molar-refractivity contribution >= 4 is 27.8 Å². The molecule has 0 bridgehead atoms. The quantitative estimate of drug-likeness (QED) is 0.908. The molecule has 0 aliphatic heterocycles. The lowest BCUT2D eigenvalue weighted by Crippen LogP contribution is -2.28. The molecule has 1 N–H and O–H groups in total. The van der Waals surface area contributed by atoms with E-state index < -0.39 is 5.97 Å². The van der Waals surface area contributed by atoms with Gasteiger partial charge in [0, 0.05) is 30.0 Å². The Kier molecular flexibility index (Phi) is 5.15. The molecule has 17 heavy (non-hydrogen) atoms. The number of carbonyl (C=O) groups excluding carboxylic acids is 1. The summed E-state index contributed by atoms with van der Waals surface area (Å²) in [5.74, 6) is -0.933. The van der Waals surface area contributed by atoms with Gasteiger partial charge >= 0.3 is 5.97 Å². The van der Waals surface area contributed by atoms with Crippen molar-refractivity contribution in [3.05, 3.63) is 34.3 Å². The monoisotopic (exact) mass is 299 g/mol. The third kappa shape index (κ3) is 4.56. The second kappa shape index (κ2) is 6.39. The average molecular weight is 300 g/mol. The van der Waals surface area contributed by atoms with E-state index in [-0.39, 0.29) is 12.3 Å². The maximum atomic E-state index is 11.9. The van der Waals surface area contributed by atoms with Crippen molar-refractivity contribution in [3.63, 3.8) is 0 Å². The highest BCUT2D eigenvalue weighted by Gasteiger charge is 2.11. The molecule has 0 aliphatic carbocycles. The standard InChI is InChI=1S/C12H14BrNO3/c1-14(8-2-3-11(15)16)12(17)9-4-6-10(13)7-5-9/h4-7H,2-3,8H2,1H3,(H,15,16). The molecule has 0 unspecified atom stereocenters. The van der Waals surface area contributed by atoms with E-state index in [0.717, 1.165) is 4.47 Å². The molecule has 5 heteroatoms. The fourth-order valence-electron chi connectivity index (χ4n) is 1.38. The highest BCUT2D eigenvalue weighted by Crippen LogP contribution is 2.12. The predicted octanol–water partition coefficient (Wildman–Crippen LogP) is 2.39. The Morgan fingerprint density at radius 2 is 1.88 bits per heavy atom. The first-order valence-electron chi connectivity index (χ1n) is 5.23. The summed E-state index contributed by atoms with van der Waals surface area (Å²) in [5, 5.41) is 8.50. The van der Waals surface area contributed by atoms with Crippen molar-refractivity contribution < 1.29 is 14.7 Å². The molecule has 0 saturated carbocycles. The molecule has 0 saturated heterocycles. The summed E-state index contributed by atoms with van der Waals surface area (Å²) in [5.41, 5.74) is 0.603. The zero-order valence-corrected chi connectivity index (χ0v) is 11.1. The molecule has 1 aromatic rings. The van der Waals surface area contributed by atoms with Crippen LogP contribution >= 0.6 is 15.9 Å². The van der Waals surface area contributed by atoms with Gasteiger partial charge in [0.05, 0.1) is 0 Å². The Morgan fingerprint density at radius 1 is 1.29 bits per heavy atom. The Labute approximate surface area is 108 Å². The van der Waals surface area contributed by atoms with Gasteiger partial charge in [-0.25, -0.2) is 0 Å². The SMILES string of the molecule is CN(CCCC(=O)O)C(=O)c1ccc(Br)cc1. The van der Waals surface area contributed by atoms with Crippen LogP contribution in [0, 0.1) is 0 Å². The minimum Gasteiger partial charge on any atom is -0.481 e. The lowest BCUT2D eigenvalue weighted by Gasteiger charge is -2.16. The van der Waals surface area contributed by atoms with Crippen LogP contribution in [-0.2, 0) is 4.79 Å². The van der Waals surface area contributed by atoms with Gasteiger partial charge < -0.3 is 10.0 Å². The molecule has 0 radical (unpaired) electrons. The van der Waals surface area contributed by atoms with Gasteiger partial charge in [0.15, 0.2) is 0 Å². The predicted molar refractivity (Wildman–Crippen MR) is 68.0 cm³/mol. The Morgan fingerprint density at radius 3 is 2.41 bits per heavy atom. The van der Waals surface area contributed by atoms with Crippen LogP contribution in [0.3, 0.4) is 0 Å². The number of hydrogen-bond acceptors (Lipinski definition) is 2. The summed E-state index contributed by atoms with van der Waals surface area (Å²) in [6.07, 6.45) is 0.548. The Hall–Kier alpha value is -1.36. The summed E-state index contributed by atoms with van der Waals surface area (Å²) in [7, 11) is 1.67. The van der Waals surface area contributed by atoms with E-state index in [2.05, 4.69) is 15.9 Å². The number of hydrogen-bond donors (Lipinski definition) is 1. The largest absolute Gasteiger partial charge is 0.481 e. The molecular weight excluding hydrogens is 286 g/mol. The van der Waals surface area contributed by atoms with Crippen LogP contribution in [-0.4, -0.2) is 35.5 Å². The maximum Gasteiger partial charge on any atom is 0.303 e. The molecule has 0 aromatic heterocycles. The summed E-state index contributed by atoms with van der Waals surface area (Å²) in [6.45, 7) is 0.446. The average Bonchev–Trinajstić information content (AvgIpc) is 2.28. The van der Waals surface area contributed by atoms with E-state index in [9.17, 15) is 9.59 Å². The third-order valence-corrected chi connectivity index (χ3v) is 2.85. The molecule has 1 rings (SSSR count). The van der Waals surface area contributed by atoms with Gasteiger partial charge in [-0.05, 0) is 30.7 Å². The summed E-state index contributed by atoms with van der Waals surface area (Å²) in [6, 6.07) is 7.08. The van der Waals surface area contributed by atoms with Crippen molar-refractivity contribution in [1.29, 1.82) is 0 Å². The number of halogens is 1. The van der Waals surface area contributed by atoms with Crippen LogP contribution in [0.4, 0.5) is 0 Å². The Balaban J connectivity index is 2.51. The summed E-state index contributed by atoms with van der Waals surface area (Å²) in [4.78, 5) is 23.8. The molecule has 0 spiro atoms. The minimum absolute atomic E-state index is 0.0813. The van der Waals surface area contributed by atoms with Crippen molar-refractivity contribution in [2.75, 3.05) is 13.6 Å². The van der Waals surface area contributed by atoms with Gasteiger partial charge in [-0.1, -0.05) is 15.9 Å². The second-order valence-electron chi connectivity index (χ2n) is 3.73. The smallest absolute Gasteiger partial charge is 0.303 e. The fraction of sp³-hybridized carbons (Fsp3) is 0.333. The van der Waals surface area contributed by atoms with Gasteiger partial charge in [0.2, 0.25) is 0 Å². The highest BCUT2D eigenvalue weighted by molar-refractivity contribution is 9.10. The number of amides is 1. The number of aliphatic carboxylic acids is 1. The van der Waals surface area contributed by atoms with E-state index in [1.165, 1.54) is 4.90 Å². The van der Waals surface area contributed by atoms with Gasteiger partial charge in [0.1, 0.15) is 0 Å². The zero-order chi connectivity index (χ0) is 12.8. The maximum absolute atomic E-state index is 11.9. The minimum atomic E-state index is -0.838. The van der Waals surface area contributed by atoms with Crippen molar-refractivity contribution in [3.8, 4) is 0 Å². The van der Waals surface area contributed by atoms with Crippen LogP contribution in [0.5, 0.6) is 0 Å². The number of nitrogens with zero attached hydrogens (tertiary/aromatic N) is 1. The van der Waals surface area contributed by atoms with E-state index in [4.69, 9.17) is 5.11 Å². The molecule has 1 amide bonds. The number of rotatable bonds is 5. The van der Waals surface area contributed by atoms with Crippen LogP contribution in [0.2, 0.25) is 0 Å². The first kappa shape index (κ1) is 13.7. The molecular formula is C12H14BrNO3. The van der Waals surface area contributed by atoms with Crippen molar-refractivity contribution in [1.82, 2.24) is 4.90 Å². The zero-order valence-electron chi connectivity index (χ0n) is 9.52. The lowest BCUT2D eigenvalue weighted by molar-refractivity contribution is -0.137. The van der Waals surface area contributed by atoms with Gasteiger partial charge in [-0.15, -0.1) is 0 Å². The second-order valence-corrected chi connectivity index (χ2v) is 4.65. The van der Waals surface area contributed by atoms with Gasteiger partial charge in [-0.3, -0.25) is 9.59 Å². The first-order chi connectivity index (χ1) is 8.00. The molecule has 0 aliphatic rings. The van der Waals surface area contributed by atoms with E-state index >= 15 is 0 Å². The fourth-order valence-corrected chi connectivity index (χ4v) is 1.65. The molecule has 1 aromatic carbocycles. The van der Waals surface area contributed by atoms with E-state index in [1.54, 1.807) is 31.3 Å². The topological polar surface area (TPSA) is 57.6 Å². The molecule has 0 heterocycles. The van der Waals surface area contributed by atoms with Crippen LogP contribution in [0.25, 0.3) is 0 Å². The Bertz CT molecular complexity index is 403. The number of carbonyl (C=O) groups is 2. The third-order valence-electron chi connectivity index (χ3n) is 2.32.